The molecule has 2 rings (SSSR count). The largest absolute Gasteiger partial charge is 0.389 e. The second-order valence-electron chi connectivity index (χ2n) is 5.95. The third-order valence-corrected chi connectivity index (χ3v) is 5.81. The van der Waals surface area contributed by atoms with E-state index in [1.165, 1.54) is 0 Å². The zero-order chi connectivity index (χ0) is 13.4. The van der Waals surface area contributed by atoms with E-state index < -0.39 is 5.60 Å². The van der Waals surface area contributed by atoms with Gasteiger partial charge in [0.15, 0.2) is 0 Å². The Bertz CT molecular complexity index is 447. The molecule has 18 heavy (non-hydrogen) atoms. The first-order chi connectivity index (χ1) is 8.31. The lowest BCUT2D eigenvalue weighted by molar-refractivity contribution is 0.0200. The Hall–Kier alpha value is 0.110. The molecule has 0 bridgehead atoms. The number of aliphatic hydroxyl groups is 1. The molecule has 0 spiro atoms. The van der Waals surface area contributed by atoms with E-state index in [-0.39, 0.29) is 5.41 Å². The molecular weight excluding hydrogens is 287 g/mol. The molecule has 100 valence electrons. The Kier molecular flexibility index (Phi) is 4.23. The van der Waals surface area contributed by atoms with Crippen LogP contribution in [0.25, 0.3) is 0 Å². The van der Waals surface area contributed by atoms with Crippen LogP contribution >= 0.6 is 35.0 Å². The first-order valence-corrected chi connectivity index (χ1v) is 7.95. The first-order valence-electron chi connectivity index (χ1n) is 6.04. The second-order valence-corrected chi connectivity index (χ2v) is 7.72. The predicted octanol–water partition coefficient (Wildman–Crippen LogP) is 4.43. The highest BCUT2D eigenvalue weighted by Crippen LogP contribution is 2.41. The number of hydrogen-bond acceptors (Lipinski definition) is 2. The van der Waals surface area contributed by atoms with Gasteiger partial charge in [0.1, 0.15) is 0 Å². The second kappa shape index (κ2) is 5.24. The van der Waals surface area contributed by atoms with Crippen LogP contribution in [-0.4, -0.2) is 22.2 Å². The number of halogens is 2. The van der Waals surface area contributed by atoms with Crippen molar-refractivity contribution in [2.75, 3.05) is 11.5 Å². The number of thioether (sulfide) groups is 1. The van der Waals surface area contributed by atoms with Crippen LogP contribution in [0, 0.1) is 5.41 Å². The fourth-order valence-electron chi connectivity index (χ4n) is 2.66. The Morgan fingerprint density at radius 3 is 2.67 bits per heavy atom. The van der Waals surface area contributed by atoms with Crippen LogP contribution in [0.4, 0.5) is 0 Å². The van der Waals surface area contributed by atoms with Gasteiger partial charge < -0.3 is 5.11 Å². The minimum absolute atomic E-state index is 0.169. The van der Waals surface area contributed by atoms with Gasteiger partial charge in [0.25, 0.3) is 0 Å². The van der Waals surface area contributed by atoms with Crippen molar-refractivity contribution >= 4 is 35.0 Å². The molecule has 0 radical (unpaired) electrons. The van der Waals surface area contributed by atoms with E-state index in [4.69, 9.17) is 23.2 Å². The van der Waals surface area contributed by atoms with Crippen molar-refractivity contribution in [1.82, 2.24) is 0 Å². The first kappa shape index (κ1) is 14.5. The van der Waals surface area contributed by atoms with Crippen LogP contribution in [-0.2, 0) is 6.42 Å². The summed E-state index contributed by atoms with van der Waals surface area (Å²) in [6.45, 7) is 4.40. The fraction of sp³-hybridized carbons (Fsp3) is 0.571. The Morgan fingerprint density at radius 2 is 2.00 bits per heavy atom. The molecule has 1 saturated heterocycles. The zero-order valence-electron chi connectivity index (χ0n) is 10.7. The number of hydrogen-bond donors (Lipinski definition) is 1. The van der Waals surface area contributed by atoms with Gasteiger partial charge >= 0.3 is 0 Å². The third-order valence-electron chi connectivity index (χ3n) is 3.22. The lowest BCUT2D eigenvalue weighted by atomic mass is 9.79. The molecule has 4 heteroatoms. The van der Waals surface area contributed by atoms with Gasteiger partial charge in [0, 0.05) is 12.2 Å². The smallest absolute Gasteiger partial charge is 0.0783 e. The summed E-state index contributed by atoms with van der Waals surface area (Å²) in [5.41, 5.74) is 0.425. The highest BCUT2D eigenvalue weighted by molar-refractivity contribution is 7.99. The maximum atomic E-state index is 10.8. The lowest BCUT2D eigenvalue weighted by Gasteiger charge is -2.41. The van der Waals surface area contributed by atoms with Crippen molar-refractivity contribution in [1.29, 1.82) is 0 Å². The van der Waals surface area contributed by atoms with Crippen LogP contribution in [0.3, 0.4) is 0 Å². The summed E-state index contributed by atoms with van der Waals surface area (Å²) in [6.07, 6.45) is 1.37. The van der Waals surface area contributed by atoms with Gasteiger partial charge in [-0.25, -0.2) is 0 Å². The summed E-state index contributed by atoms with van der Waals surface area (Å²) in [5, 5.41) is 11.9. The molecule has 1 N–H and O–H groups in total. The zero-order valence-corrected chi connectivity index (χ0v) is 13.0. The van der Waals surface area contributed by atoms with E-state index in [1.54, 1.807) is 6.07 Å². The normalized spacial score (nSPS) is 27.2. The summed E-state index contributed by atoms with van der Waals surface area (Å²) < 4.78 is 0. The lowest BCUT2D eigenvalue weighted by Crippen LogP contribution is -2.44. The minimum Gasteiger partial charge on any atom is -0.389 e. The van der Waals surface area contributed by atoms with Crippen LogP contribution in [0.1, 0.15) is 25.8 Å². The molecule has 1 unspecified atom stereocenters. The maximum absolute atomic E-state index is 10.8. The summed E-state index contributed by atoms with van der Waals surface area (Å²) >= 11 is 14.0. The monoisotopic (exact) mass is 304 g/mol. The van der Waals surface area contributed by atoms with Gasteiger partial charge in [-0.1, -0.05) is 49.2 Å². The summed E-state index contributed by atoms with van der Waals surface area (Å²) in [5.74, 6) is 1.86. The van der Waals surface area contributed by atoms with Gasteiger partial charge in [-0.05, 0) is 29.2 Å². The van der Waals surface area contributed by atoms with Gasteiger partial charge in [0.2, 0.25) is 0 Å². The van der Waals surface area contributed by atoms with Crippen LogP contribution in [0.15, 0.2) is 18.2 Å². The average molecular weight is 305 g/mol. The molecule has 0 saturated carbocycles. The molecule has 0 aliphatic carbocycles. The number of rotatable bonds is 2. The molecular formula is C14H18Cl2OS. The highest BCUT2D eigenvalue weighted by atomic mass is 35.5. The molecule has 0 amide bonds. The fourth-order valence-corrected chi connectivity index (χ4v) is 4.39. The van der Waals surface area contributed by atoms with E-state index in [9.17, 15) is 5.11 Å². The Labute approximate surface area is 123 Å². The van der Waals surface area contributed by atoms with Crippen LogP contribution < -0.4 is 0 Å². The third kappa shape index (κ3) is 3.36. The molecule has 0 aromatic heterocycles. The van der Waals surface area contributed by atoms with E-state index in [0.29, 0.717) is 16.5 Å². The van der Waals surface area contributed by atoms with Gasteiger partial charge in [-0.15, -0.1) is 0 Å². The van der Waals surface area contributed by atoms with E-state index in [0.717, 1.165) is 23.5 Å². The van der Waals surface area contributed by atoms with Gasteiger partial charge in [-0.3, -0.25) is 0 Å². The number of benzene rings is 1. The quantitative estimate of drug-likeness (QED) is 0.872. The maximum Gasteiger partial charge on any atom is 0.0783 e. The van der Waals surface area contributed by atoms with Crippen LogP contribution in [0.2, 0.25) is 10.0 Å². The van der Waals surface area contributed by atoms with Crippen molar-refractivity contribution < 1.29 is 5.11 Å². The topological polar surface area (TPSA) is 20.2 Å². The Balaban J connectivity index is 2.20. The molecule has 1 heterocycles. The molecule has 1 aromatic carbocycles. The van der Waals surface area contributed by atoms with Crippen molar-refractivity contribution in [3.05, 3.63) is 33.8 Å². The SMILES string of the molecule is CC1(C)CSCC(O)(Cc2cccc(Cl)c2Cl)C1. The molecule has 1 fully saturated rings. The van der Waals surface area contributed by atoms with Crippen molar-refractivity contribution in [3.8, 4) is 0 Å². The van der Waals surface area contributed by atoms with Crippen LogP contribution in [0.5, 0.6) is 0 Å². The molecule has 1 atom stereocenters. The minimum atomic E-state index is -0.680. The van der Waals surface area contributed by atoms with E-state index in [2.05, 4.69) is 13.8 Å². The van der Waals surface area contributed by atoms with E-state index >= 15 is 0 Å². The van der Waals surface area contributed by atoms with Crippen molar-refractivity contribution in [2.45, 2.75) is 32.3 Å². The van der Waals surface area contributed by atoms with Gasteiger partial charge in [-0.2, -0.15) is 11.8 Å². The average Bonchev–Trinajstić information content (AvgIpc) is 2.22. The van der Waals surface area contributed by atoms with Crippen molar-refractivity contribution in [2.24, 2.45) is 5.41 Å². The standard InChI is InChI=1S/C14H18Cl2OS/c1-13(2)7-14(17,9-18-8-13)6-10-4-3-5-11(15)12(10)16/h3-5,17H,6-9H2,1-2H3. The summed E-state index contributed by atoms with van der Waals surface area (Å²) in [4.78, 5) is 0. The molecule has 1 aliphatic heterocycles. The van der Waals surface area contributed by atoms with E-state index in [1.807, 2.05) is 23.9 Å². The highest BCUT2D eigenvalue weighted by Gasteiger charge is 2.39. The Morgan fingerprint density at radius 1 is 1.28 bits per heavy atom. The predicted molar refractivity (Wildman–Crippen MR) is 80.8 cm³/mol. The van der Waals surface area contributed by atoms with Crippen molar-refractivity contribution in [3.63, 3.8) is 0 Å². The molecule has 1 nitrogen and oxygen atoms in total. The van der Waals surface area contributed by atoms with Gasteiger partial charge in [0.05, 0.1) is 15.6 Å². The molecule has 1 aliphatic rings. The summed E-state index contributed by atoms with van der Waals surface area (Å²) in [7, 11) is 0. The molecule has 1 aromatic rings. The summed E-state index contributed by atoms with van der Waals surface area (Å²) in [6, 6.07) is 5.60.